The number of nitrogens with zero attached hydrogens (tertiary/aromatic N) is 3. The molecule has 0 saturated carbocycles. The standard InChI is InChI=1S/C22H18BrClF3N3O4/c1-3-34-19(32)21(2)12-29(28-17(21)13-4-8-15(24)9-5-13)20(33)30(18(31)22(25,26)27)16-10-6-14(23)7-11-16/h4-11H,3,12H2,1-2H3. The summed E-state index contributed by atoms with van der Waals surface area (Å²) in [6.07, 6.45) is -5.34. The summed E-state index contributed by atoms with van der Waals surface area (Å²) >= 11 is 9.08. The minimum absolute atomic E-state index is 0.0215. The molecule has 1 aliphatic rings. The van der Waals surface area contributed by atoms with E-state index < -0.39 is 36.0 Å². The summed E-state index contributed by atoms with van der Waals surface area (Å²) in [6, 6.07) is 9.94. The Labute approximate surface area is 206 Å². The highest BCUT2D eigenvalue weighted by atomic mass is 79.9. The quantitative estimate of drug-likeness (QED) is 0.469. The van der Waals surface area contributed by atoms with Gasteiger partial charge < -0.3 is 4.74 Å². The zero-order valence-electron chi connectivity index (χ0n) is 17.9. The number of alkyl halides is 3. The molecular weight excluding hydrogens is 543 g/mol. The molecule has 2 aromatic carbocycles. The second-order valence-corrected chi connectivity index (χ2v) is 8.82. The first-order chi connectivity index (χ1) is 15.9. The molecule has 2 aromatic rings. The van der Waals surface area contributed by atoms with E-state index in [1.54, 1.807) is 19.1 Å². The van der Waals surface area contributed by atoms with Crippen LogP contribution in [0, 0.1) is 5.41 Å². The zero-order chi connectivity index (χ0) is 25.3. The molecule has 34 heavy (non-hydrogen) atoms. The third kappa shape index (κ3) is 5.10. The van der Waals surface area contributed by atoms with Crippen LogP contribution in [0.15, 0.2) is 58.1 Å². The molecule has 0 bridgehead atoms. The van der Waals surface area contributed by atoms with E-state index in [0.717, 1.165) is 0 Å². The summed E-state index contributed by atoms with van der Waals surface area (Å²) < 4.78 is 45.8. The Balaban J connectivity index is 2.08. The summed E-state index contributed by atoms with van der Waals surface area (Å²) in [6.45, 7) is 2.64. The minimum atomic E-state index is -5.34. The number of anilines is 1. The fourth-order valence-corrected chi connectivity index (χ4v) is 3.72. The first-order valence-corrected chi connectivity index (χ1v) is 11.1. The number of carbonyl (C=O) groups is 3. The number of rotatable bonds is 4. The Bertz CT molecular complexity index is 1140. The van der Waals surface area contributed by atoms with E-state index in [9.17, 15) is 27.6 Å². The van der Waals surface area contributed by atoms with Gasteiger partial charge in [0.2, 0.25) is 0 Å². The SMILES string of the molecule is CCOC(=O)C1(C)CN(C(=O)N(C(=O)C(F)(F)F)c2ccc(Br)cc2)N=C1c1ccc(Cl)cc1. The van der Waals surface area contributed by atoms with E-state index in [0.29, 0.717) is 20.1 Å². The number of ether oxygens (including phenoxy) is 1. The van der Waals surface area contributed by atoms with E-state index in [4.69, 9.17) is 16.3 Å². The number of esters is 1. The predicted molar refractivity (Wildman–Crippen MR) is 123 cm³/mol. The van der Waals surface area contributed by atoms with Gasteiger partial charge in [0.05, 0.1) is 24.6 Å². The van der Waals surface area contributed by atoms with E-state index in [1.165, 1.54) is 43.3 Å². The highest BCUT2D eigenvalue weighted by Crippen LogP contribution is 2.35. The van der Waals surface area contributed by atoms with Crippen LogP contribution in [-0.4, -0.2) is 48.0 Å². The molecule has 0 N–H and O–H groups in total. The van der Waals surface area contributed by atoms with Crippen LogP contribution in [-0.2, 0) is 14.3 Å². The van der Waals surface area contributed by atoms with E-state index >= 15 is 0 Å². The van der Waals surface area contributed by atoms with Crippen LogP contribution < -0.4 is 4.90 Å². The monoisotopic (exact) mass is 559 g/mol. The van der Waals surface area contributed by atoms with Crippen LogP contribution in [0.1, 0.15) is 19.4 Å². The number of halogens is 5. The molecule has 7 nitrogen and oxygen atoms in total. The van der Waals surface area contributed by atoms with Crippen molar-refractivity contribution in [2.45, 2.75) is 20.0 Å². The van der Waals surface area contributed by atoms with Crippen molar-refractivity contribution in [3.63, 3.8) is 0 Å². The largest absolute Gasteiger partial charge is 0.472 e. The van der Waals surface area contributed by atoms with E-state index in [1.807, 2.05) is 0 Å². The third-order valence-corrected chi connectivity index (χ3v) is 5.78. The average Bonchev–Trinajstić information content (AvgIpc) is 3.14. The number of amides is 3. The maximum absolute atomic E-state index is 13.4. The molecule has 3 rings (SSSR count). The van der Waals surface area contributed by atoms with Crippen LogP contribution in [0.2, 0.25) is 5.02 Å². The number of hydrogen-bond donors (Lipinski definition) is 0. The fourth-order valence-electron chi connectivity index (χ4n) is 3.33. The van der Waals surface area contributed by atoms with E-state index in [2.05, 4.69) is 21.0 Å². The summed E-state index contributed by atoms with van der Waals surface area (Å²) in [4.78, 5) is 38.3. The van der Waals surface area contributed by atoms with Crippen LogP contribution in [0.5, 0.6) is 0 Å². The van der Waals surface area contributed by atoms with Crippen molar-refractivity contribution in [1.29, 1.82) is 0 Å². The van der Waals surface area contributed by atoms with Gasteiger partial charge >= 0.3 is 24.1 Å². The van der Waals surface area contributed by atoms with Gasteiger partial charge in [0.25, 0.3) is 0 Å². The van der Waals surface area contributed by atoms with Crippen LogP contribution in [0.4, 0.5) is 23.7 Å². The second kappa shape index (κ2) is 9.75. The first-order valence-electron chi connectivity index (χ1n) is 9.89. The molecule has 12 heteroatoms. The second-order valence-electron chi connectivity index (χ2n) is 7.46. The summed E-state index contributed by atoms with van der Waals surface area (Å²) in [5, 5.41) is 5.23. The van der Waals surface area contributed by atoms with Crippen molar-refractivity contribution in [2.24, 2.45) is 10.5 Å². The van der Waals surface area contributed by atoms with Gasteiger partial charge in [0, 0.05) is 9.50 Å². The summed E-state index contributed by atoms with van der Waals surface area (Å²) in [7, 11) is 0. The maximum atomic E-state index is 13.4. The van der Waals surface area contributed by atoms with Crippen LogP contribution in [0.25, 0.3) is 0 Å². The van der Waals surface area contributed by atoms with Gasteiger partial charge in [-0.25, -0.2) is 14.7 Å². The Morgan fingerprint density at radius 3 is 2.26 bits per heavy atom. The average molecular weight is 561 g/mol. The predicted octanol–water partition coefficient (Wildman–Crippen LogP) is 5.41. The number of imide groups is 1. The van der Waals surface area contributed by atoms with Gasteiger partial charge in [-0.15, -0.1) is 0 Å². The smallest absolute Gasteiger partial charge is 0.465 e. The molecule has 1 unspecified atom stereocenters. The number of urea groups is 1. The maximum Gasteiger partial charge on any atom is 0.472 e. The first kappa shape index (κ1) is 25.7. The Morgan fingerprint density at radius 2 is 1.74 bits per heavy atom. The zero-order valence-corrected chi connectivity index (χ0v) is 20.2. The molecule has 180 valence electrons. The van der Waals surface area contributed by atoms with Crippen LogP contribution in [0.3, 0.4) is 0 Å². The summed E-state index contributed by atoms with van der Waals surface area (Å²) in [5.41, 5.74) is -1.33. The molecule has 1 aliphatic heterocycles. The molecule has 0 saturated heterocycles. The van der Waals surface area contributed by atoms with Gasteiger partial charge in [-0.3, -0.25) is 9.59 Å². The number of hydrazone groups is 1. The van der Waals surface area contributed by atoms with Gasteiger partial charge in [-0.1, -0.05) is 39.7 Å². The number of hydrogen-bond acceptors (Lipinski definition) is 5. The Kier molecular flexibility index (Phi) is 7.37. The van der Waals surface area contributed by atoms with Gasteiger partial charge in [0.1, 0.15) is 5.41 Å². The Hall–Kier alpha value is -2.92. The van der Waals surface area contributed by atoms with Crippen molar-refractivity contribution in [1.82, 2.24) is 5.01 Å². The van der Waals surface area contributed by atoms with E-state index in [-0.39, 0.29) is 22.9 Å². The van der Waals surface area contributed by atoms with Crippen molar-refractivity contribution < 1.29 is 32.3 Å². The minimum Gasteiger partial charge on any atom is -0.465 e. The van der Waals surface area contributed by atoms with Gasteiger partial charge in [-0.2, -0.15) is 18.3 Å². The highest BCUT2D eigenvalue weighted by Gasteiger charge is 2.52. The van der Waals surface area contributed by atoms with Crippen molar-refractivity contribution >= 4 is 56.8 Å². The molecule has 3 amide bonds. The van der Waals surface area contributed by atoms with Gasteiger partial charge in [0.15, 0.2) is 0 Å². The molecule has 0 radical (unpaired) electrons. The van der Waals surface area contributed by atoms with Crippen molar-refractivity contribution in [3.05, 3.63) is 63.6 Å². The lowest BCUT2D eigenvalue weighted by atomic mass is 9.82. The highest BCUT2D eigenvalue weighted by molar-refractivity contribution is 9.10. The Morgan fingerprint density at radius 1 is 1.15 bits per heavy atom. The number of carbonyl (C=O) groups excluding carboxylic acids is 3. The van der Waals surface area contributed by atoms with Crippen molar-refractivity contribution in [3.8, 4) is 0 Å². The normalized spacial score (nSPS) is 17.9. The number of benzene rings is 2. The van der Waals surface area contributed by atoms with Crippen LogP contribution >= 0.6 is 27.5 Å². The lowest BCUT2D eigenvalue weighted by molar-refractivity contribution is -0.169. The molecule has 0 aliphatic carbocycles. The molecule has 0 spiro atoms. The lowest BCUT2D eigenvalue weighted by Gasteiger charge is -2.27. The molecule has 0 aromatic heterocycles. The molecular formula is C22H18BrClF3N3O4. The topological polar surface area (TPSA) is 79.3 Å². The molecule has 1 heterocycles. The molecule has 0 fully saturated rings. The third-order valence-electron chi connectivity index (χ3n) is 5.00. The molecule has 1 atom stereocenters. The van der Waals surface area contributed by atoms with Crippen molar-refractivity contribution in [2.75, 3.05) is 18.1 Å². The summed E-state index contributed by atoms with van der Waals surface area (Å²) in [5.74, 6) is -3.12. The lowest BCUT2D eigenvalue weighted by Crippen LogP contribution is -2.51. The fraction of sp³-hybridized carbons (Fsp3) is 0.273. The van der Waals surface area contributed by atoms with Gasteiger partial charge in [-0.05, 0) is 55.8 Å².